The van der Waals surface area contributed by atoms with Gasteiger partial charge in [0.2, 0.25) is 10.0 Å². The number of hydrogen-bond donors (Lipinski definition) is 0. The van der Waals surface area contributed by atoms with Gasteiger partial charge in [0.1, 0.15) is 0 Å². The van der Waals surface area contributed by atoms with E-state index in [-0.39, 0.29) is 30.9 Å². The fourth-order valence-corrected chi connectivity index (χ4v) is 5.40. The summed E-state index contributed by atoms with van der Waals surface area (Å²) in [6.07, 6.45) is -2.25. The molecular formula is C19H26F3N3O2S. The summed E-state index contributed by atoms with van der Waals surface area (Å²) in [6.45, 7) is 6.08. The monoisotopic (exact) mass is 417 g/mol. The highest BCUT2D eigenvalue weighted by molar-refractivity contribution is 7.89. The van der Waals surface area contributed by atoms with Crippen molar-refractivity contribution in [3.05, 3.63) is 29.3 Å². The molecule has 28 heavy (non-hydrogen) atoms. The van der Waals surface area contributed by atoms with Crippen molar-refractivity contribution in [1.82, 2.24) is 4.31 Å². The number of hydrogen-bond acceptors (Lipinski definition) is 4. The first-order chi connectivity index (χ1) is 13.0. The second-order valence-electron chi connectivity index (χ2n) is 7.28. The Hall–Kier alpha value is -1.79. The molecule has 0 spiro atoms. The second kappa shape index (κ2) is 8.70. The third kappa shape index (κ3) is 4.97. The molecule has 0 N–H and O–H groups in total. The molecule has 0 saturated carbocycles. The van der Waals surface area contributed by atoms with E-state index in [1.165, 1.54) is 16.4 Å². The van der Waals surface area contributed by atoms with Crippen molar-refractivity contribution >= 4 is 15.7 Å². The molecule has 0 radical (unpaired) electrons. The number of unbranched alkanes of at least 4 members (excludes halogenated alkanes) is 2. The molecule has 0 bridgehead atoms. The molecule has 2 rings (SSSR count). The van der Waals surface area contributed by atoms with Gasteiger partial charge in [-0.1, -0.05) is 19.8 Å². The Kier molecular flexibility index (Phi) is 6.99. The Labute approximate surface area is 164 Å². The van der Waals surface area contributed by atoms with Crippen LogP contribution in [0, 0.1) is 11.3 Å². The molecule has 9 heteroatoms. The van der Waals surface area contributed by atoms with Crippen LogP contribution in [0.15, 0.2) is 18.2 Å². The van der Waals surface area contributed by atoms with Crippen LogP contribution in [0.2, 0.25) is 0 Å². The molecule has 1 aromatic carbocycles. The SMILES string of the molecule is CCCCCS(=O)(=O)N1CC(C)N(c2ccc(C#N)c(C(F)(F)F)c2)CC1C. The summed E-state index contributed by atoms with van der Waals surface area (Å²) in [5.74, 6) is 0.0903. The topological polar surface area (TPSA) is 64.4 Å². The zero-order chi connectivity index (χ0) is 21.1. The number of nitriles is 1. The number of alkyl halides is 3. The number of rotatable bonds is 6. The van der Waals surface area contributed by atoms with Crippen LogP contribution < -0.4 is 4.90 Å². The van der Waals surface area contributed by atoms with Crippen molar-refractivity contribution < 1.29 is 21.6 Å². The molecule has 1 aliphatic heterocycles. The lowest BCUT2D eigenvalue weighted by atomic mass is 10.0. The van der Waals surface area contributed by atoms with Gasteiger partial charge in [-0.15, -0.1) is 0 Å². The normalized spacial score (nSPS) is 21.5. The maximum Gasteiger partial charge on any atom is 0.417 e. The van der Waals surface area contributed by atoms with Crippen molar-refractivity contribution in [1.29, 1.82) is 5.26 Å². The van der Waals surface area contributed by atoms with E-state index in [9.17, 15) is 21.6 Å². The Bertz CT molecular complexity index is 834. The standard InChI is InChI=1S/C19H26F3N3O2S/c1-4-5-6-9-28(26,27)25-13-14(2)24(12-15(25)3)17-8-7-16(11-23)18(10-17)19(20,21)22/h7-8,10,14-15H,4-6,9,12-13H2,1-3H3. The molecule has 5 nitrogen and oxygen atoms in total. The van der Waals surface area contributed by atoms with Crippen molar-refractivity contribution in [2.75, 3.05) is 23.7 Å². The molecule has 1 aliphatic rings. The zero-order valence-corrected chi connectivity index (χ0v) is 17.1. The van der Waals surface area contributed by atoms with Gasteiger partial charge in [-0.2, -0.15) is 22.7 Å². The summed E-state index contributed by atoms with van der Waals surface area (Å²) in [7, 11) is -3.40. The van der Waals surface area contributed by atoms with E-state index < -0.39 is 27.3 Å². The van der Waals surface area contributed by atoms with Crippen LogP contribution in [0.5, 0.6) is 0 Å². The summed E-state index contributed by atoms with van der Waals surface area (Å²) in [4.78, 5) is 1.78. The minimum absolute atomic E-state index is 0.0903. The van der Waals surface area contributed by atoms with Gasteiger partial charge in [-0.25, -0.2) is 8.42 Å². The van der Waals surface area contributed by atoms with Gasteiger partial charge in [0.05, 0.1) is 22.9 Å². The zero-order valence-electron chi connectivity index (χ0n) is 16.3. The van der Waals surface area contributed by atoms with Crippen LogP contribution in [0.4, 0.5) is 18.9 Å². The van der Waals surface area contributed by atoms with Crippen molar-refractivity contribution in [2.24, 2.45) is 0 Å². The molecule has 1 fully saturated rings. The van der Waals surface area contributed by atoms with Crippen LogP contribution in [-0.2, 0) is 16.2 Å². The van der Waals surface area contributed by atoms with Crippen LogP contribution in [-0.4, -0.2) is 43.6 Å². The van der Waals surface area contributed by atoms with E-state index in [0.29, 0.717) is 12.1 Å². The van der Waals surface area contributed by atoms with Gasteiger partial charge >= 0.3 is 6.18 Å². The fourth-order valence-electron chi connectivity index (χ4n) is 3.54. The molecule has 1 aromatic rings. The van der Waals surface area contributed by atoms with E-state index in [0.717, 1.165) is 18.9 Å². The third-order valence-electron chi connectivity index (χ3n) is 5.05. The van der Waals surface area contributed by atoms with Crippen LogP contribution in [0.3, 0.4) is 0 Å². The number of piperazine rings is 1. The molecular weight excluding hydrogens is 391 g/mol. The predicted molar refractivity (Wildman–Crippen MR) is 102 cm³/mol. The maximum atomic E-state index is 13.3. The average molecular weight is 417 g/mol. The van der Waals surface area contributed by atoms with Gasteiger partial charge in [0.15, 0.2) is 0 Å². The smallest absolute Gasteiger partial charge is 0.366 e. The number of sulfonamides is 1. The largest absolute Gasteiger partial charge is 0.417 e. The molecule has 2 atom stereocenters. The molecule has 1 saturated heterocycles. The van der Waals surface area contributed by atoms with Crippen LogP contribution >= 0.6 is 0 Å². The first-order valence-electron chi connectivity index (χ1n) is 9.38. The number of anilines is 1. The predicted octanol–water partition coefficient (Wildman–Crippen LogP) is 4.00. The summed E-state index contributed by atoms with van der Waals surface area (Å²) in [5, 5.41) is 8.95. The quantitative estimate of drug-likeness (QED) is 0.657. The van der Waals surface area contributed by atoms with Gasteiger partial charge in [0.25, 0.3) is 0 Å². The number of halogens is 3. The van der Waals surface area contributed by atoms with Gasteiger partial charge in [0, 0.05) is 30.9 Å². The third-order valence-corrected chi connectivity index (χ3v) is 7.08. The first-order valence-corrected chi connectivity index (χ1v) is 11.0. The van der Waals surface area contributed by atoms with Gasteiger partial charge in [-0.3, -0.25) is 0 Å². The Balaban J connectivity index is 2.25. The first kappa shape index (κ1) is 22.5. The number of benzene rings is 1. The molecule has 1 heterocycles. The van der Waals surface area contributed by atoms with E-state index in [4.69, 9.17) is 5.26 Å². The summed E-state index contributed by atoms with van der Waals surface area (Å²) in [6, 6.07) is 4.58. The summed E-state index contributed by atoms with van der Waals surface area (Å²) >= 11 is 0. The lowest BCUT2D eigenvalue weighted by molar-refractivity contribution is -0.137. The van der Waals surface area contributed by atoms with Gasteiger partial charge in [-0.05, 0) is 38.5 Å². The van der Waals surface area contributed by atoms with E-state index >= 15 is 0 Å². The fraction of sp³-hybridized carbons (Fsp3) is 0.632. The molecule has 0 aliphatic carbocycles. The van der Waals surface area contributed by atoms with E-state index in [1.807, 2.05) is 6.92 Å². The van der Waals surface area contributed by atoms with Crippen molar-refractivity contribution in [2.45, 2.75) is 58.3 Å². The van der Waals surface area contributed by atoms with E-state index in [1.54, 1.807) is 24.8 Å². The highest BCUT2D eigenvalue weighted by atomic mass is 32.2. The van der Waals surface area contributed by atoms with Crippen molar-refractivity contribution in [3.8, 4) is 6.07 Å². The Morgan fingerprint density at radius 3 is 2.43 bits per heavy atom. The Morgan fingerprint density at radius 2 is 1.86 bits per heavy atom. The molecule has 0 amide bonds. The van der Waals surface area contributed by atoms with Crippen LogP contribution in [0.25, 0.3) is 0 Å². The minimum Gasteiger partial charge on any atom is -0.366 e. The maximum absolute atomic E-state index is 13.3. The molecule has 0 aromatic heterocycles. The molecule has 2 unspecified atom stereocenters. The highest BCUT2D eigenvalue weighted by Crippen LogP contribution is 2.35. The highest BCUT2D eigenvalue weighted by Gasteiger charge is 2.38. The lowest BCUT2D eigenvalue weighted by Crippen LogP contribution is -2.58. The lowest BCUT2D eigenvalue weighted by Gasteiger charge is -2.44. The minimum atomic E-state index is -4.62. The number of nitrogens with zero attached hydrogens (tertiary/aromatic N) is 3. The average Bonchev–Trinajstić information content (AvgIpc) is 2.62. The molecule has 156 valence electrons. The van der Waals surface area contributed by atoms with Crippen molar-refractivity contribution in [3.63, 3.8) is 0 Å². The summed E-state index contributed by atoms with van der Waals surface area (Å²) < 4.78 is 66.6. The second-order valence-corrected chi connectivity index (χ2v) is 9.32. The van der Waals surface area contributed by atoms with E-state index in [2.05, 4.69) is 0 Å². The Morgan fingerprint density at radius 1 is 1.18 bits per heavy atom. The van der Waals surface area contributed by atoms with Crippen LogP contribution in [0.1, 0.15) is 51.2 Å². The van der Waals surface area contributed by atoms with Gasteiger partial charge < -0.3 is 4.90 Å². The summed E-state index contributed by atoms with van der Waals surface area (Å²) in [5.41, 5.74) is -1.05.